The Morgan fingerprint density at radius 2 is 1.21 bits per heavy atom. The van der Waals surface area contributed by atoms with Gasteiger partial charge >= 0.3 is 5.97 Å². The average Bonchev–Trinajstić information content (AvgIpc) is 2.97. The normalized spacial score (nSPS) is 33.3. The predicted molar refractivity (Wildman–Crippen MR) is 102 cm³/mol. The zero-order valence-electron chi connectivity index (χ0n) is 14.7. The van der Waals surface area contributed by atoms with Crippen molar-refractivity contribution in [1.82, 2.24) is 4.90 Å². The van der Waals surface area contributed by atoms with Gasteiger partial charge < -0.3 is 5.11 Å². The summed E-state index contributed by atoms with van der Waals surface area (Å²) in [5.41, 5.74) is 2.77. The second-order valence-corrected chi connectivity index (χ2v) is 8.72. The van der Waals surface area contributed by atoms with Crippen molar-refractivity contribution in [3.8, 4) is 0 Å². The summed E-state index contributed by atoms with van der Waals surface area (Å²) in [5.74, 6) is -4.37. The van der Waals surface area contributed by atoms with E-state index < -0.39 is 45.4 Å². The minimum absolute atomic E-state index is 0.589. The van der Waals surface area contributed by atoms with Gasteiger partial charge in [0.1, 0.15) is 15.8 Å². The molecule has 142 valence electrons. The number of carbonyl (C=O) groups excluding carboxylic acids is 2. The van der Waals surface area contributed by atoms with E-state index in [4.69, 9.17) is 23.2 Å². The van der Waals surface area contributed by atoms with Gasteiger partial charge in [0.25, 0.3) is 0 Å². The van der Waals surface area contributed by atoms with E-state index in [0.29, 0.717) is 22.3 Å². The molecule has 5 nitrogen and oxygen atoms in total. The van der Waals surface area contributed by atoms with Gasteiger partial charge in [-0.25, -0.2) is 4.79 Å². The first kappa shape index (κ1) is 17.7. The van der Waals surface area contributed by atoms with Gasteiger partial charge in [-0.2, -0.15) is 0 Å². The summed E-state index contributed by atoms with van der Waals surface area (Å²) in [4.78, 5) is 36.5. The quantitative estimate of drug-likeness (QED) is 0.603. The summed E-state index contributed by atoms with van der Waals surface area (Å²) >= 11 is 14.5. The number of carboxylic acid groups (broad SMARTS) is 1. The second-order valence-electron chi connectivity index (χ2n) is 7.53. The van der Waals surface area contributed by atoms with Crippen molar-refractivity contribution in [2.24, 2.45) is 11.8 Å². The van der Waals surface area contributed by atoms with E-state index >= 15 is 0 Å². The average molecular weight is 416 g/mol. The Bertz CT molecular complexity index is 960. The number of nitrogens with zero attached hydrogens (tertiary/aromatic N) is 1. The number of amides is 2. The highest BCUT2D eigenvalue weighted by atomic mass is 35.5. The van der Waals surface area contributed by atoms with Gasteiger partial charge in [0.15, 0.2) is 0 Å². The topological polar surface area (TPSA) is 74.7 Å². The Morgan fingerprint density at radius 3 is 1.50 bits per heavy atom. The predicted octanol–water partition coefficient (Wildman–Crippen LogP) is 3.05. The Morgan fingerprint density at radius 1 is 0.893 bits per heavy atom. The molecule has 0 saturated carbocycles. The third kappa shape index (κ3) is 1.73. The molecular formula is C21H15Cl2NO4. The molecule has 0 unspecified atom stereocenters. The molecule has 6 rings (SSSR count). The van der Waals surface area contributed by atoms with Crippen LogP contribution in [0.4, 0.5) is 0 Å². The molecule has 1 N–H and O–H groups in total. The van der Waals surface area contributed by atoms with Crippen LogP contribution in [0.15, 0.2) is 48.5 Å². The lowest BCUT2D eigenvalue weighted by molar-refractivity contribution is -0.154. The van der Waals surface area contributed by atoms with Crippen molar-refractivity contribution in [1.29, 1.82) is 0 Å². The van der Waals surface area contributed by atoms with Crippen LogP contribution in [0.25, 0.3) is 0 Å². The fraction of sp³-hybridized carbons (Fsp3) is 0.286. The zero-order chi connectivity index (χ0) is 20.0. The summed E-state index contributed by atoms with van der Waals surface area (Å²) in [6.45, 7) is 1.32. The number of alkyl halides is 2. The molecule has 28 heavy (non-hydrogen) atoms. The highest BCUT2D eigenvalue weighted by Gasteiger charge is 2.73. The fourth-order valence-electron chi connectivity index (χ4n) is 5.18. The van der Waals surface area contributed by atoms with Crippen molar-refractivity contribution in [3.63, 3.8) is 0 Å². The maximum Gasteiger partial charge on any atom is 0.326 e. The minimum atomic E-state index is -1.29. The number of aliphatic carboxylic acids is 1. The molecule has 2 bridgehead atoms. The molecule has 0 aromatic heterocycles. The lowest BCUT2D eigenvalue weighted by Gasteiger charge is -2.54. The molecule has 1 aliphatic heterocycles. The van der Waals surface area contributed by atoms with Crippen molar-refractivity contribution < 1.29 is 19.5 Å². The van der Waals surface area contributed by atoms with Crippen LogP contribution in [0.1, 0.15) is 29.2 Å². The molecule has 2 amide bonds. The third-order valence-electron chi connectivity index (χ3n) is 6.36. The summed E-state index contributed by atoms with van der Waals surface area (Å²) in [5, 5.41) is 9.42. The number of imide groups is 1. The molecule has 1 fully saturated rings. The summed E-state index contributed by atoms with van der Waals surface area (Å²) in [7, 11) is 0. The first-order valence-electron chi connectivity index (χ1n) is 8.93. The molecule has 2 aromatic rings. The number of rotatable bonds is 2. The van der Waals surface area contributed by atoms with Crippen molar-refractivity contribution >= 4 is 41.0 Å². The van der Waals surface area contributed by atoms with Crippen molar-refractivity contribution in [3.05, 3.63) is 70.8 Å². The van der Waals surface area contributed by atoms with Crippen LogP contribution in [-0.4, -0.2) is 33.8 Å². The van der Waals surface area contributed by atoms with Gasteiger partial charge in [0.05, 0.1) is 11.8 Å². The van der Waals surface area contributed by atoms with Crippen LogP contribution < -0.4 is 0 Å². The monoisotopic (exact) mass is 415 g/mol. The van der Waals surface area contributed by atoms with E-state index in [1.54, 1.807) is 0 Å². The van der Waals surface area contributed by atoms with Crippen LogP contribution in [0, 0.1) is 11.8 Å². The van der Waals surface area contributed by atoms with Crippen LogP contribution in [0.3, 0.4) is 0 Å². The number of benzene rings is 2. The Labute approximate surface area is 170 Å². The van der Waals surface area contributed by atoms with E-state index in [0.717, 1.165) is 4.90 Å². The van der Waals surface area contributed by atoms with E-state index in [9.17, 15) is 19.5 Å². The van der Waals surface area contributed by atoms with Gasteiger partial charge in [-0.3, -0.25) is 14.5 Å². The van der Waals surface area contributed by atoms with Crippen LogP contribution in [0.5, 0.6) is 0 Å². The third-order valence-corrected chi connectivity index (χ3v) is 7.65. The van der Waals surface area contributed by atoms with Gasteiger partial charge in [-0.05, 0) is 29.2 Å². The molecule has 0 radical (unpaired) electrons. The smallest absolute Gasteiger partial charge is 0.326 e. The van der Waals surface area contributed by atoms with Gasteiger partial charge in [-0.1, -0.05) is 48.5 Å². The van der Waals surface area contributed by atoms with E-state index in [1.165, 1.54) is 6.92 Å². The standard InChI is InChI=1S/C21H15Cl2NO4/c1-10(19(27)28)24-17(25)15-16(18(24)26)21(23)12-7-3-2-6-11(12)20(15,22)13-8-4-5-9-14(13)21/h2-10,15-16H,1H3,(H,27,28)/t10-,15-,16+,20?,21?/m0/s1. The maximum absolute atomic E-state index is 13.4. The highest BCUT2D eigenvalue weighted by molar-refractivity contribution is 6.36. The van der Waals surface area contributed by atoms with Gasteiger partial charge in [0, 0.05) is 0 Å². The van der Waals surface area contributed by atoms with Crippen LogP contribution >= 0.6 is 23.2 Å². The van der Waals surface area contributed by atoms with E-state index in [1.807, 2.05) is 48.5 Å². The zero-order valence-corrected chi connectivity index (χ0v) is 16.2. The molecule has 1 saturated heterocycles. The number of hydrogen-bond donors (Lipinski definition) is 1. The molecule has 7 heteroatoms. The number of carboxylic acids is 1. The fourth-order valence-corrected chi connectivity index (χ4v) is 6.28. The maximum atomic E-state index is 13.4. The lowest BCUT2D eigenvalue weighted by Crippen LogP contribution is -2.57. The summed E-state index contributed by atoms with van der Waals surface area (Å²) in [6.07, 6.45) is 0. The van der Waals surface area contributed by atoms with Crippen LogP contribution in [0.2, 0.25) is 0 Å². The number of carbonyl (C=O) groups is 3. The van der Waals surface area contributed by atoms with E-state index in [2.05, 4.69) is 0 Å². The van der Waals surface area contributed by atoms with Gasteiger partial charge in [-0.15, -0.1) is 23.2 Å². The SMILES string of the molecule is C[C@@H](C(=O)O)N1C(=O)[C@@H]2[C@H](C1=O)C1(Cl)c3ccccc3C2(Cl)c2ccccc21. The largest absolute Gasteiger partial charge is 0.480 e. The minimum Gasteiger partial charge on any atom is -0.480 e. The van der Waals surface area contributed by atoms with Gasteiger partial charge in [0.2, 0.25) is 11.8 Å². The second kappa shape index (κ2) is 5.37. The lowest BCUT2D eigenvalue weighted by atomic mass is 9.54. The Balaban J connectivity index is 1.86. The first-order valence-corrected chi connectivity index (χ1v) is 9.68. The first-order chi connectivity index (χ1) is 13.3. The Hall–Kier alpha value is -2.37. The van der Waals surface area contributed by atoms with Crippen molar-refractivity contribution in [2.75, 3.05) is 0 Å². The molecule has 2 aromatic carbocycles. The Kier molecular flexibility index (Phi) is 3.39. The van der Waals surface area contributed by atoms with Crippen LogP contribution in [-0.2, 0) is 24.1 Å². The summed E-state index contributed by atoms with van der Waals surface area (Å²) in [6, 6.07) is 13.3. The number of hydrogen-bond acceptors (Lipinski definition) is 3. The molecular weight excluding hydrogens is 401 g/mol. The molecule has 0 spiro atoms. The number of likely N-dealkylation sites (tertiary alicyclic amines) is 1. The molecule has 3 atom stereocenters. The number of halogens is 2. The molecule has 4 aliphatic rings. The van der Waals surface area contributed by atoms with E-state index in [-0.39, 0.29) is 0 Å². The highest BCUT2D eigenvalue weighted by Crippen LogP contribution is 2.69. The molecule has 3 aliphatic carbocycles. The van der Waals surface area contributed by atoms with Crippen molar-refractivity contribution in [2.45, 2.75) is 22.7 Å². The summed E-state index contributed by atoms with van der Waals surface area (Å²) < 4.78 is 0. The molecule has 1 heterocycles.